The summed E-state index contributed by atoms with van der Waals surface area (Å²) in [6.07, 6.45) is 0.588. The lowest BCUT2D eigenvalue weighted by atomic mass is 10.1. The maximum absolute atomic E-state index is 14.5. The Hall–Kier alpha value is -2.13. The van der Waals surface area contributed by atoms with Crippen LogP contribution in [0.3, 0.4) is 0 Å². The molecule has 7 nitrogen and oxygen atoms in total. The van der Waals surface area contributed by atoms with Crippen molar-refractivity contribution in [1.29, 1.82) is 0 Å². The summed E-state index contributed by atoms with van der Waals surface area (Å²) in [4.78, 5) is 14.9. The normalized spacial score (nSPS) is 27.2. The van der Waals surface area contributed by atoms with Gasteiger partial charge < -0.3 is 14.7 Å². The maximum Gasteiger partial charge on any atom is 0.415 e. The summed E-state index contributed by atoms with van der Waals surface area (Å²) in [6, 6.07) is 2.56. The lowest BCUT2D eigenvalue weighted by molar-refractivity contribution is 0.0830. The molecule has 0 radical (unpaired) electrons. The number of rotatable bonds is 2. The van der Waals surface area contributed by atoms with E-state index in [2.05, 4.69) is 0 Å². The van der Waals surface area contributed by atoms with Crippen LogP contribution in [0.4, 0.5) is 20.6 Å². The monoisotopic (exact) mass is 354 g/mol. The Morgan fingerprint density at radius 1 is 1.33 bits per heavy atom. The molecule has 0 aliphatic carbocycles. The van der Waals surface area contributed by atoms with Gasteiger partial charge in [-0.05, 0) is 18.1 Å². The van der Waals surface area contributed by atoms with Crippen LogP contribution >= 0.6 is 0 Å². The largest absolute Gasteiger partial charge is 0.441 e. The first-order valence-corrected chi connectivity index (χ1v) is 9.22. The third-order valence-corrected chi connectivity index (χ3v) is 5.89. The zero-order valence-corrected chi connectivity index (χ0v) is 13.4. The highest BCUT2D eigenvalue weighted by atomic mass is 32.2. The average Bonchev–Trinajstić information content (AvgIpc) is 3.04. The summed E-state index contributed by atoms with van der Waals surface area (Å²) >= 11 is 0. The van der Waals surface area contributed by atoms with E-state index in [0.717, 1.165) is 11.0 Å². The van der Waals surface area contributed by atoms with Crippen molar-refractivity contribution in [3.8, 4) is 0 Å². The number of aliphatic hydroxyl groups excluding tert-OH is 1. The van der Waals surface area contributed by atoms with Crippen LogP contribution in [0.5, 0.6) is 0 Å². The van der Waals surface area contributed by atoms with E-state index in [0.29, 0.717) is 12.1 Å². The van der Waals surface area contributed by atoms with Crippen molar-refractivity contribution in [2.24, 2.45) is 0 Å². The number of ether oxygens (including phenoxy) is 1. The van der Waals surface area contributed by atoms with Crippen molar-refractivity contribution in [1.82, 2.24) is 0 Å². The predicted octanol–water partition coefficient (Wildman–Crippen LogP) is 0.774. The molecule has 1 fully saturated rings. The lowest BCUT2D eigenvalue weighted by Crippen LogP contribution is -2.35. The molecule has 0 saturated carbocycles. The molecule has 1 N–H and O–H groups in total. The molecule has 2 atom stereocenters. The van der Waals surface area contributed by atoms with Crippen LogP contribution in [0.2, 0.25) is 0 Å². The van der Waals surface area contributed by atoms with Gasteiger partial charge in [0.05, 0.1) is 29.8 Å². The molecule has 4 rings (SSSR count). The molecule has 1 aromatic rings. The first-order chi connectivity index (χ1) is 11.4. The van der Waals surface area contributed by atoms with Crippen LogP contribution in [0.1, 0.15) is 5.56 Å². The lowest BCUT2D eigenvalue weighted by Gasteiger charge is -2.24. The van der Waals surface area contributed by atoms with Gasteiger partial charge in [-0.1, -0.05) is 0 Å². The molecular weight excluding hydrogens is 339 g/mol. The summed E-state index contributed by atoms with van der Waals surface area (Å²) < 4.78 is 42.5. The highest BCUT2D eigenvalue weighted by Crippen LogP contribution is 2.41. The van der Waals surface area contributed by atoms with E-state index in [9.17, 15) is 22.7 Å². The molecule has 128 valence electrons. The molecule has 3 heterocycles. The van der Waals surface area contributed by atoms with Crippen molar-refractivity contribution in [2.45, 2.75) is 18.6 Å². The fourth-order valence-electron chi connectivity index (χ4n) is 3.39. The van der Waals surface area contributed by atoms with Crippen LogP contribution in [0.25, 0.3) is 0 Å². The number of hydrogen-bond acceptors (Lipinski definition) is 6. The van der Waals surface area contributed by atoms with Crippen LogP contribution in [-0.4, -0.2) is 50.7 Å². The first kappa shape index (κ1) is 15.4. The Labute approximate surface area is 137 Å². The molecule has 1 saturated heterocycles. The molecule has 1 amide bonds. The number of nitrogens with zero attached hydrogens (tertiary/aromatic N) is 2. The molecule has 3 aliphatic rings. The topological polar surface area (TPSA) is 87.1 Å². The smallest absolute Gasteiger partial charge is 0.415 e. The molecule has 0 bridgehead atoms. The van der Waals surface area contributed by atoms with Gasteiger partial charge in [-0.15, -0.1) is 0 Å². The number of hydrogen-bond donors (Lipinski definition) is 1. The molecule has 0 unspecified atom stereocenters. The second-order valence-electron chi connectivity index (χ2n) is 6.02. The van der Waals surface area contributed by atoms with Crippen molar-refractivity contribution in [3.63, 3.8) is 0 Å². The third-order valence-electron chi connectivity index (χ3n) is 4.60. The summed E-state index contributed by atoms with van der Waals surface area (Å²) in [7, 11) is -3.22. The van der Waals surface area contributed by atoms with Crippen LogP contribution < -0.4 is 9.80 Å². The van der Waals surface area contributed by atoms with Gasteiger partial charge in [0.25, 0.3) is 0 Å². The van der Waals surface area contributed by atoms with Crippen LogP contribution in [0, 0.1) is 5.82 Å². The number of sulfone groups is 1. The zero-order valence-electron chi connectivity index (χ0n) is 12.6. The average molecular weight is 354 g/mol. The number of anilines is 2. The first-order valence-electron chi connectivity index (χ1n) is 7.50. The van der Waals surface area contributed by atoms with Gasteiger partial charge in [0.15, 0.2) is 9.84 Å². The van der Waals surface area contributed by atoms with E-state index in [1.807, 2.05) is 0 Å². The Bertz CT molecular complexity index is 854. The third kappa shape index (κ3) is 2.27. The summed E-state index contributed by atoms with van der Waals surface area (Å²) in [6.45, 7) is -0.119. The Morgan fingerprint density at radius 3 is 2.79 bits per heavy atom. The number of benzene rings is 1. The van der Waals surface area contributed by atoms with E-state index >= 15 is 0 Å². The van der Waals surface area contributed by atoms with Gasteiger partial charge in [0.1, 0.15) is 11.9 Å². The Kier molecular flexibility index (Phi) is 3.33. The quantitative estimate of drug-likeness (QED) is 0.844. The number of fused-ring (bicyclic) bond motifs is 3. The number of cyclic esters (lactones) is 1. The fraction of sp³-hybridized carbons (Fsp3) is 0.400. The number of amides is 1. The van der Waals surface area contributed by atoms with Crippen molar-refractivity contribution in [3.05, 3.63) is 35.1 Å². The summed E-state index contributed by atoms with van der Waals surface area (Å²) in [5, 5.41) is 10.4. The highest BCUT2D eigenvalue weighted by molar-refractivity contribution is 7.94. The van der Waals surface area contributed by atoms with E-state index in [1.165, 1.54) is 17.2 Å². The predicted molar refractivity (Wildman–Crippen MR) is 84.0 cm³/mol. The van der Waals surface area contributed by atoms with Gasteiger partial charge in [0.2, 0.25) is 0 Å². The molecular formula is C15H15FN2O5S. The van der Waals surface area contributed by atoms with Crippen molar-refractivity contribution in [2.75, 3.05) is 28.7 Å². The van der Waals surface area contributed by atoms with Crippen molar-refractivity contribution >= 4 is 27.3 Å². The van der Waals surface area contributed by atoms with Gasteiger partial charge in [-0.3, -0.25) is 4.90 Å². The summed E-state index contributed by atoms with van der Waals surface area (Å²) in [5.74, 6) is -0.619. The van der Waals surface area contributed by atoms with Gasteiger partial charge >= 0.3 is 6.09 Å². The SMILES string of the molecule is O=C1O[C@@H](CO)[C@@H]2Cc3cc(N4C=CS(=O)(=O)CC4)c(F)cc3N12. The second-order valence-corrected chi connectivity index (χ2v) is 8.03. The molecule has 0 spiro atoms. The van der Waals surface area contributed by atoms with Gasteiger partial charge in [-0.2, -0.15) is 0 Å². The van der Waals surface area contributed by atoms with Crippen LogP contribution in [0.15, 0.2) is 23.7 Å². The Balaban J connectivity index is 1.71. The maximum atomic E-state index is 14.5. The van der Waals surface area contributed by atoms with E-state index in [1.54, 1.807) is 11.0 Å². The number of carbonyl (C=O) groups is 1. The molecule has 3 aliphatic heterocycles. The number of halogens is 1. The number of aliphatic hydroxyl groups is 1. The van der Waals surface area contributed by atoms with E-state index in [4.69, 9.17) is 4.74 Å². The minimum Gasteiger partial charge on any atom is -0.441 e. The zero-order chi connectivity index (χ0) is 17.1. The van der Waals surface area contributed by atoms with Crippen LogP contribution in [-0.2, 0) is 21.0 Å². The standard InChI is InChI=1S/C15H15FN2O5S/c16-10-7-11-9(6-13-14(8-19)23-15(20)18(11)13)5-12(10)17-1-3-24(21,22)4-2-17/h1,3,5,7,13-14,19H,2,4,6,8H2/t13-,14-/m0/s1. The molecule has 0 aromatic heterocycles. The summed E-state index contributed by atoms with van der Waals surface area (Å²) in [5.41, 5.74) is 1.49. The van der Waals surface area contributed by atoms with E-state index < -0.39 is 27.9 Å². The minimum atomic E-state index is -3.22. The highest BCUT2D eigenvalue weighted by Gasteiger charge is 2.47. The number of carbonyl (C=O) groups excluding carboxylic acids is 1. The van der Waals surface area contributed by atoms with E-state index in [-0.39, 0.29) is 30.6 Å². The second kappa shape index (κ2) is 5.18. The van der Waals surface area contributed by atoms with Gasteiger partial charge in [-0.25, -0.2) is 17.6 Å². The Morgan fingerprint density at radius 2 is 2.12 bits per heavy atom. The fourth-order valence-corrected chi connectivity index (χ4v) is 4.31. The molecule has 1 aromatic carbocycles. The molecule has 9 heteroatoms. The minimum absolute atomic E-state index is 0.0757. The molecule has 24 heavy (non-hydrogen) atoms. The van der Waals surface area contributed by atoms with Crippen molar-refractivity contribution < 1.29 is 27.4 Å². The van der Waals surface area contributed by atoms with Gasteiger partial charge in [0, 0.05) is 24.2 Å².